The lowest BCUT2D eigenvalue weighted by Gasteiger charge is -2.28. The second kappa shape index (κ2) is 9.85. The zero-order valence-electron chi connectivity index (χ0n) is 15.0. The van der Waals surface area contributed by atoms with Crippen molar-refractivity contribution in [2.75, 3.05) is 39.3 Å². The van der Waals surface area contributed by atoms with E-state index in [4.69, 9.17) is 9.90 Å². The maximum atomic E-state index is 12.8. The Labute approximate surface area is 152 Å². The minimum absolute atomic E-state index is 0.0257. The van der Waals surface area contributed by atoms with Gasteiger partial charge in [-0.1, -0.05) is 6.92 Å². The third-order valence-corrected chi connectivity index (χ3v) is 4.78. The van der Waals surface area contributed by atoms with E-state index in [1.54, 1.807) is 4.90 Å². The van der Waals surface area contributed by atoms with Crippen LogP contribution in [0.3, 0.4) is 0 Å². The number of amides is 2. The van der Waals surface area contributed by atoms with Crippen molar-refractivity contribution in [3.05, 3.63) is 11.9 Å². The van der Waals surface area contributed by atoms with E-state index in [0.29, 0.717) is 25.3 Å². The monoisotopic (exact) mass is 366 g/mol. The molecule has 144 valence electrons. The summed E-state index contributed by atoms with van der Waals surface area (Å²) in [4.78, 5) is 39.4. The Morgan fingerprint density at radius 1 is 1.23 bits per heavy atom. The average Bonchev–Trinajstić information content (AvgIpc) is 3.28. The first-order valence-electron chi connectivity index (χ1n) is 8.88. The summed E-state index contributed by atoms with van der Waals surface area (Å²) in [6, 6.07) is 0.0257. The van der Waals surface area contributed by atoms with E-state index in [1.807, 2.05) is 4.90 Å². The van der Waals surface area contributed by atoms with Crippen molar-refractivity contribution in [3.8, 4) is 0 Å². The van der Waals surface area contributed by atoms with Crippen molar-refractivity contribution < 1.29 is 19.5 Å². The van der Waals surface area contributed by atoms with Gasteiger partial charge in [0, 0.05) is 26.2 Å². The molecule has 10 nitrogen and oxygen atoms in total. The fraction of sp³-hybridized carbons (Fsp3) is 0.688. The van der Waals surface area contributed by atoms with Gasteiger partial charge in [-0.25, -0.2) is 0 Å². The minimum Gasteiger partial charge on any atom is -0.483 e. The van der Waals surface area contributed by atoms with Gasteiger partial charge < -0.3 is 14.9 Å². The minimum atomic E-state index is -0.250. The summed E-state index contributed by atoms with van der Waals surface area (Å²) in [6.45, 7) is 6.30. The van der Waals surface area contributed by atoms with Crippen LogP contribution in [-0.2, 0) is 9.59 Å². The summed E-state index contributed by atoms with van der Waals surface area (Å²) in [5, 5.41) is 16.9. The van der Waals surface area contributed by atoms with Gasteiger partial charge in [-0.3, -0.25) is 19.3 Å². The normalized spacial score (nSPS) is 20.9. The predicted octanol–water partition coefficient (Wildman–Crippen LogP) is -0.336. The van der Waals surface area contributed by atoms with Crippen molar-refractivity contribution >= 4 is 18.3 Å². The number of aromatic amines is 1. The fourth-order valence-electron chi connectivity index (χ4n) is 3.50. The molecule has 1 aromatic heterocycles. The second-order valence-corrected chi connectivity index (χ2v) is 6.22. The molecule has 0 aliphatic carbocycles. The standard InChI is InChI=1S/C15H24N6O2.CH2O2/c1-2-19-6-3-5-13(19)15(23)21-8-4-7-20(9-10-21)14(22)12-11-16-18-17-12;2-1-3/h11,13H,2-10H2,1H3,(H,16,17,18);1H,(H,2,3). The number of likely N-dealkylation sites (tertiary alicyclic amines) is 1. The summed E-state index contributed by atoms with van der Waals surface area (Å²) in [6.07, 6.45) is 4.28. The Balaban J connectivity index is 0.000000758. The maximum absolute atomic E-state index is 12.8. The van der Waals surface area contributed by atoms with E-state index < -0.39 is 0 Å². The molecule has 3 heterocycles. The van der Waals surface area contributed by atoms with Crippen LogP contribution in [0.25, 0.3) is 0 Å². The van der Waals surface area contributed by atoms with E-state index in [1.165, 1.54) is 6.20 Å². The van der Waals surface area contributed by atoms with E-state index in [-0.39, 0.29) is 24.3 Å². The number of aromatic nitrogens is 3. The van der Waals surface area contributed by atoms with Crippen molar-refractivity contribution in [3.63, 3.8) is 0 Å². The quantitative estimate of drug-likeness (QED) is 0.702. The highest BCUT2D eigenvalue weighted by Crippen LogP contribution is 2.19. The molecule has 2 N–H and O–H groups in total. The van der Waals surface area contributed by atoms with Crippen LogP contribution in [0, 0.1) is 0 Å². The number of likely N-dealkylation sites (N-methyl/N-ethyl adjacent to an activating group) is 1. The van der Waals surface area contributed by atoms with Gasteiger partial charge in [0.25, 0.3) is 12.4 Å². The zero-order valence-corrected chi connectivity index (χ0v) is 15.0. The van der Waals surface area contributed by atoms with Crippen molar-refractivity contribution in [1.29, 1.82) is 0 Å². The molecule has 2 saturated heterocycles. The smallest absolute Gasteiger partial charge is 0.290 e. The Bertz CT molecular complexity index is 594. The molecule has 2 aliphatic heterocycles. The van der Waals surface area contributed by atoms with Gasteiger partial charge in [0.1, 0.15) is 0 Å². The lowest BCUT2D eigenvalue weighted by molar-refractivity contribution is -0.135. The van der Waals surface area contributed by atoms with Crippen LogP contribution in [0.5, 0.6) is 0 Å². The molecular formula is C16H26N6O4. The molecule has 10 heteroatoms. The number of hydrogen-bond donors (Lipinski definition) is 2. The highest BCUT2D eigenvalue weighted by Gasteiger charge is 2.33. The number of nitrogens with one attached hydrogen (secondary N) is 1. The van der Waals surface area contributed by atoms with Crippen molar-refractivity contribution in [1.82, 2.24) is 30.1 Å². The molecule has 0 spiro atoms. The highest BCUT2D eigenvalue weighted by atomic mass is 16.3. The van der Waals surface area contributed by atoms with Crippen molar-refractivity contribution in [2.24, 2.45) is 0 Å². The van der Waals surface area contributed by atoms with Gasteiger partial charge in [-0.2, -0.15) is 15.4 Å². The number of H-pyrrole nitrogens is 1. The van der Waals surface area contributed by atoms with E-state index in [9.17, 15) is 9.59 Å². The number of carboxylic acid groups (broad SMARTS) is 1. The molecule has 1 unspecified atom stereocenters. The first-order chi connectivity index (χ1) is 12.6. The molecular weight excluding hydrogens is 340 g/mol. The lowest BCUT2D eigenvalue weighted by Crippen LogP contribution is -2.47. The Morgan fingerprint density at radius 2 is 1.92 bits per heavy atom. The number of rotatable bonds is 3. The Kier molecular flexibility index (Phi) is 7.52. The first kappa shape index (κ1) is 19.8. The highest BCUT2D eigenvalue weighted by molar-refractivity contribution is 5.92. The molecule has 1 atom stereocenters. The van der Waals surface area contributed by atoms with E-state index in [2.05, 4.69) is 27.2 Å². The molecule has 2 aliphatic rings. The largest absolute Gasteiger partial charge is 0.483 e. The van der Waals surface area contributed by atoms with Gasteiger partial charge in [0.15, 0.2) is 5.69 Å². The third-order valence-electron chi connectivity index (χ3n) is 4.78. The summed E-state index contributed by atoms with van der Waals surface area (Å²) in [5.74, 6) is 0.101. The zero-order chi connectivity index (χ0) is 18.9. The molecule has 26 heavy (non-hydrogen) atoms. The van der Waals surface area contributed by atoms with Gasteiger partial charge in [0.05, 0.1) is 12.2 Å². The van der Waals surface area contributed by atoms with Crippen LogP contribution >= 0.6 is 0 Å². The van der Waals surface area contributed by atoms with Crippen molar-refractivity contribution in [2.45, 2.75) is 32.2 Å². The van der Waals surface area contributed by atoms with Crippen LogP contribution in [0.15, 0.2) is 6.20 Å². The second-order valence-electron chi connectivity index (χ2n) is 6.22. The molecule has 2 fully saturated rings. The molecule has 0 radical (unpaired) electrons. The number of carbonyl (C=O) groups is 3. The van der Waals surface area contributed by atoms with Gasteiger partial charge in [-0.05, 0) is 32.4 Å². The summed E-state index contributed by atoms with van der Waals surface area (Å²) < 4.78 is 0. The van der Waals surface area contributed by atoms with E-state index in [0.717, 1.165) is 38.9 Å². The number of nitrogens with zero attached hydrogens (tertiary/aromatic N) is 5. The maximum Gasteiger partial charge on any atom is 0.290 e. The fourth-order valence-corrected chi connectivity index (χ4v) is 3.50. The topological polar surface area (TPSA) is 123 Å². The first-order valence-corrected chi connectivity index (χ1v) is 8.88. The lowest BCUT2D eigenvalue weighted by atomic mass is 10.2. The Morgan fingerprint density at radius 3 is 2.58 bits per heavy atom. The number of hydrogen-bond acceptors (Lipinski definition) is 6. The average molecular weight is 366 g/mol. The molecule has 0 bridgehead atoms. The molecule has 0 aromatic carbocycles. The number of carbonyl (C=O) groups excluding carboxylic acids is 2. The van der Waals surface area contributed by atoms with Crippen LogP contribution in [0.1, 0.15) is 36.7 Å². The SMILES string of the molecule is CCN1CCCC1C(=O)N1CCCN(C(=O)c2cn[nH]n2)CC1.O=CO. The van der Waals surface area contributed by atoms with Gasteiger partial charge in [-0.15, -0.1) is 0 Å². The van der Waals surface area contributed by atoms with Crippen LogP contribution < -0.4 is 0 Å². The predicted molar refractivity (Wildman–Crippen MR) is 92.4 cm³/mol. The van der Waals surface area contributed by atoms with Crippen LogP contribution in [0.2, 0.25) is 0 Å². The van der Waals surface area contributed by atoms with Gasteiger partial charge >= 0.3 is 0 Å². The molecule has 1 aromatic rings. The van der Waals surface area contributed by atoms with Crippen LogP contribution in [0.4, 0.5) is 0 Å². The van der Waals surface area contributed by atoms with E-state index >= 15 is 0 Å². The van der Waals surface area contributed by atoms with Gasteiger partial charge in [0.2, 0.25) is 5.91 Å². The third kappa shape index (κ3) is 4.78. The summed E-state index contributed by atoms with van der Waals surface area (Å²) >= 11 is 0. The Hall–Kier alpha value is -2.49. The molecule has 0 saturated carbocycles. The summed E-state index contributed by atoms with van der Waals surface area (Å²) in [7, 11) is 0. The molecule has 3 rings (SSSR count). The summed E-state index contributed by atoms with van der Waals surface area (Å²) in [5.41, 5.74) is 0.331. The molecule has 2 amide bonds. The van der Waals surface area contributed by atoms with Crippen LogP contribution in [-0.4, -0.2) is 98.8 Å².